The molecule has 44 heavy (non-hydrogen) atoms. The first-order chi connectivity index (χ1) is 20.8. The third-order valence-electron chi connectivity index (χ3n) is 6.26. The molecule has 0 radical (unpaired) electrons. The number of ether oxygens (including phenoxy) is 2. The van der Waals surface area contributed by atoms with Crippen LogP contribution in [0.2, 0.25) is 0 Å². The second-order valence-electron chi connectivity index (χ2n) is 9.91. The molecule has 1 amide bonds. The van der Waals surface area contributed by atoms with E-state index in [-0.39, 0.29) is 46.2 Å². The largest absolute Gasteiger partial charge is 0.494 e. The molecule has 232 valence electrons. The van der Waals surface area contributed by atoms with Crippen molar-refractivity contribution < 1.29 is 31.8 Å². The Morgan fingerprint density at radius 2 is 1.80 bits per heavy atom. The Hall–Kier alpha value is -5.14. The van der Waals surface area contributed by atoms with Gasteiger partial charge in [-0.3, -0.25) is 14.9 Å². The minimum absolute atomic E-state index is 0.0145. The lowest BCUT2D eigenvalue weighted by Crippen LogP contribution is -2.30. The normalized spacial score (nSPS) is 12.1. The molecule has 1 aromatic heterocycles. The highest BCUT2D eigenvalue weighted by Gasteiger charge is 2.39. The van der Waals surface area contributed by atoms with E-state index >= 15 is 4.39 Å². The zero-order valence-electron chi connectivity index (χ0n) is 24.3. The molecule has 1 unspecified atom stereocenters. The molecule has 1 atom stereocenters. The number of alkyl halides is 3. The van der Waals surface area contributed by atoms with Crippen molar-refractivity contribution in [2.75, 3.05) is 17.2 Å². The van der Waals surface area contributed by atoms with E-state index in [1.165, 1.54) is 35.0 Å². The summed E-state index contributed by atoms with van der Waals surface area (Å²) in [7, 11) is 1.55. The zero-order chi connectivity index (χ0) is 32.2. The first-order valence-corrected chi connectivity index (χ1v) is 13.5. The summed E-state index contributed by atoms with van der Waals surface area (Å²) >= 11 is 0. The van der Waals surface area contributed by atoms with E-state index in [1.54, 1.807) is 58.2 Å². The molecule has 0 saturated carbocycles. The van der Waals surface area contributed by atoms with Crippen LogP contribution in [0.4, 0.5) is 28.9 Å². The smallest absolute Gasteiger partial charge is 0.471 e. The highest BCUT2D eigenvalue weighted by atomic mass is 19.4. The maximum atomic E-state index is 16.2. The fourth-order valence-corrected chi connectivity index (χ4v) is 4.33. The highest BCUT2D eigenvalue weighted by Crippen LogP contribution is 2.37. The number of rotatable bonds is 11. The number of nitrogen functional groups attached to an aromatic ring is 1. The van der Waals surface area contributed by atoms with Crippen molar-refractivity contribution in [3.8, 4) is 22.9 Å². The van der Waals surface area contributed by atoms with Gasteiger partial charge in [0, 0.05) is 35.5 Å². The van der Waals surface area contributed by atoms with Gasteiger partial charge in [0.15, 0.2) is 23.2 Å². The molecule has 5 N–H and O–H groups in total. The van der Waals surface area contributed by atoms with Crippen molar-refractivity contribution in [2.24, 2.45) is 12.8 Å². The molecule has 0 saturated heterocycles. The van der Waals surface area contributed by atoms with Crippen molar-refractivity contribution in [3.63, 3.8) is 0 Å². The Labute approximate surface area is 250 Å². The van der Waals surface area contributed by atoms with Crippen LogP contribution in [0.15, 0.2) is 60.7 Å². The lowest BCUT2D eigenvalue weighted by atomic mass is 10.0. The van der Waals surface area contributed by atoms with Gasteiger partial charge >= 0.3 is 12.1 Å². The van der Waals surface area contributed by atoms with Gasteiger partial charge in [0.2, 0.25) is 0 Å². The summed E-state index contributed by atoms with van der Waals surface area (Å²) in [5.41, 5.74) is 6.61. The van der Waals surface area contributed by atoms with Crippen LogP contribution in [0.25, 0.3) is 11.4 Å². The minimum Gasteiger partial charge on any atom is -0.494 e. The number of amides is 1. The van der Waals surface area contributed by atoms with Gasteiger partial charge in [-0.15, -0.1) is 0 Å². The predicted octanol–water partition coefficient (Wildman–Crippen LogP) is 5.79. The second-order valence-corrected chi connectivity index (χ2v) is 9.91. The van der Waals surface area contributed by atoms with Gasteiger partial charge in [0.1, 0.15) is 17.6 Å². The first kappa shape index (κ1) is 31.8. The van der Waals surface area contributed by atoms with Crippen LogP contribution in [0, 0.1) is 11.2 Å². The van der Waals surface area contributed by atoms with Crippen molar-refractivity contribution >= 4 is 23.1 Å². The summed E-state index contributed by atoms with van der Waals surface area (Å²) in [6, 6.07) is 14.2. The molecule has 4 aromatic rings. The number of carbonyl (C=O) groups is 1. The summed E-state index contributed by atoms with van der Waals surface area (Å²) in [5, 5.41) is 17.2. The topological polar surface area (TPSA) is 140 Å². The average Bonchev–Trinajstić information content (AvgIpc) is 3.34. The molecule has 14 heteroatoms. The minimum atomic E-state index is -5.11. The monoisotopic (exact) mass is 613 g/mol. The van der Waals surface area contributed by atoms with E-state index in [4.69, 9.17) is 20.6 Å². The second kappa shape index (κ2) is 13.0. The summed E-state index contributed by atoms with van der Waals surface area (Å²) in [4.78, 5) is 16.3. The Balaban J connectivity index is 1.87. The van der Waals surface area contributed by atoms with Crippen molar-refractivity contribution in [3.05, 3.63) is 83.4 Å². The molecule has 10 nitrogen and oxygen atoms in total. The van der Waals surface area contributed by atoms with Gasteiger partial charge in [-0.1, -0.05) is 12.1 Å². The van der Waals surface area contributed by atoms with E-state index in [0.29, 0.717) is 23.6 Å². The predicted molar refractivity (Wildman–Crippen MR) is 157 cm³/mol. The number of carbonyl (C=O) groups excluding carboxylic acids is 1. The number of aryl methyl sites for hydroxylation is 1. The summed E-state index contributed by atoms with van der Waals surface area (Å²) in [6.07, 6.45) is -5.47. The number of hydrogen-bond acceptors (Lipinski definition) is 7. The van der Waals surface area contributed by atoms with Gasteiger partial charge in [0.05, 0.1) is 18.4 Å². The molecule has 0 aliphatic carbocycles. The van der Waals surface area contributed by atoms with Gasteiger partial charge in [-0.2, -0.15) is 18.3 Å². The highest BCUT2D eigenvalue weighted by molar-refractivity contribution is 5.98. The molecule has 0 fully saturated rings. The van der Waals surface area contributed by atoms with Crippen LogP contribution in [0.3, 0.4) is 0 Å². The lowest BCUT2D eigenvalue weighted by molar-refractivity contribution is -0.167. The summed E-state index contributed by atoms with van der Waals surface area (Å²) in [6.45, 7) is 5.58. The Bertz CT molecular complexity index is 1650. The zero-order valence-corrected chi connectivity index (χ0v) is 24.3. The number of nitrogens with one attached hydrogen (secondary N) is 3. The maximum Gasteiger partial charge on any atom is 0.471 e. The van der Waals surface area contributed by atoms with Gasteiger partial charge in [-0.25, -0.2) is 9.37 Å². The quantitative estimate of drug-likeness (QED) is 0.0953. The molecule has 1 heterocycles. The fourth-order valence-electron chi connectivity index (χ4n) is 4.33. The first-order valence-electron chi connectivity index (χ1n) is 13.5. The fraction of sp³-hybridized carbons (Fsp3) is 0.267. The van der Waals surface area contributed by atoms with Crippen molar-refractivity contribution in [1.82, 2.24) is 14.8 Å². The van der Waals surface area contributed by atoms with Crippen molar-refractivity contribution in [2.45, 2.75) is 39.1 Å². The van der Waals surface area contributed by atoms with Crippen LogP contribution >= 0.6 is 0 Å². The number of hydrogen-bond donors (Lipinski definition) is 4. The number of benzene rings is 3. The molecular formula is C30H31F4N7O3. The number of halogens is 4. The number of nitrogens with zero attached hydrogens (tertiary/aromatic N) is 3. The summed E-state index contributed by atoms with van der Waals surface area (Å²) in [5.74, 6) is -2.53. The molecule has 3 aromatic carbocycles. The van der Waals surface area contributed by atoms with Crippen LogP contribution in [0.1, 0.15) is 43.8 Å². The van der Waals surface area contributed by atoms with Crippen LogP contribution < -0.4 is 25.8 Å². The molecule has 0 aliphatic heterocycles. The van der Waals surface area contributed by atoms with Gasteiger partial charge in [-0.05, 0) is 63.2 Å². The molecule has 4 rings (SSSR count). The number of para-hydroxylation sites is 1. The van der Waals surface area contributed by atoms with E-state index < -0.39 is 23.9 Å². The van der Waals surface area contributed by atoms with Crippen molar-refractivity contribution in [1.29, 1.82) is 5.41 Å². The Kier molecular flexibility index (Phi) is 9.40. The van der Waals surface area contributed by atoms with Gasteiger partial charge < -0.3 is 25.8 Å². The number of aromatic nitrogens is 3. The van der Waals surface area contributed by atoms with E-state index in [2.05, 4.69) is 15.4 Å². The van der Waals surface area contributed by atoms with Gasteiger partial charge in [0.25, 0.3) is 0 Å². The molecule has 0 bridgehead atoms. The number of nitrogens with two attached hydrogens (primary N) is 1. The summed E-state index contributed by atoms with van der Waals surface area (Å²) < 4.78 is 68.0. The lowest BCUT2D eigenvalue weighted by Gasteiger charge is -2.23. The Morgan fingerprint density at radius 3 is 2.41 bits per heavy atom. The average molecular weight is 614 g/mol. The molecule has 0 aliphatic rings. The SMILES string of the molecule is CCOc1cc(OC(C)C)c(F)c(C(Nc2ccc(C(=N)N)cc2)c2nc(-c3ccccc3NC(=O)C(F)(F)F)nn2C)c1. The van der Waals surface area contributed by atoms with E-state index in [0.717, 1.165) is 0 Å². The number of amidine groups is 1. The van der Waals surface area contributed by atoms with E-state index in [9.17, 15) is 18.0 Å². The maximum absolute atomic E-state index is 16.2. The van der Waals surface area contributed by atoms with Crippen LogP contribution in [-0.4, -0.2) is 45.4 Å². The van der Waals surface area contributed by atoms with Crippen LogP contribution in [0.5, 0.6) is 11.5 Å². The standard InChI is InChI=1S/C30H31F4N7O3/c1-5-43-19-14-21(24(31)23(15-19)44-16(2)3)25(37-18-12-10-17(11-13-18)26(35)36)28-39-27(40-41(28)4)20-8-6-7-9-22(20)38-29(42)30(32,33)34/h6-16,25,37H,5H2,1-4H3,(H3,35,36)(H,38,42). The molecular weight excluding hydrogens is 582 g/mol. The molecule has 0 spiro atoms. The van der Waals surface area contributed by atoms with Crippen LogP contribution in [-0.2, 0) is 11.8 Å². The third-order valence-corrected chi connectivity index (χ3v) is 6.26. The Morgan fingerprint density at radius 1 is 1.11 bits per heavy atom. The third kappa shape index (κ3) is 7.25. The number of anilines is 2. The van der Waals surface area contributed by atoms with E-state index in [1.807, 2.05) is 5.32 Å².